The van der Waals surface area contributed by atoms with Gasteiger partial charge in [-0.1, -0.05) is 73.6 Å². The highest BCUT2D eigenvalue weighted by molar-refractivity contribution is 5.14. The summed E-state index contributed by atoms with van der Waals surface area (Å²) in [5, 5.41) is 3.63. The molecule has 0 bridgehead atoms. The second-order valence-electron chi connectivity index (χ2n) is 9.18. The molecule has 23 heavy (non-hydrogen) atoms. The van der Waals surface area contributed by atoms with E-state index in [1.54, 1.807) is 0 Å². The Morgan fingerprint density at radius 3 is 2.00 bits per heavy atom. The van der Waals surface area contributed by atoms with Gasteiger partial charge in [0, 0.05) is 12.6 Å². The Hall–Kier alpha value is -0.0400. The fourth-order valence-corrected chi connectivity index (χ4v) is 6.63. The molecule has 0 aromatic rings. The average Bonchev–Trinajstić information content (AvgIpc) is 3.41. The first kappa shape index (κ1) is 17.8. The van der Waals surface area contributed by atoms with Crippen LogP contribution >= 0.6 is 0 Å². The van der Waals surface area contributed by atoms with Gasteiger partial charge in [-0.05, 0) is 53.3 Å². The molecule has 2 aliphatic carbocycles. The summed E-state index contributed by atoms with van der Waals surface area (Å²) in [5.74, 6) is 9.16. The van der Waals surface area contributed by atoms with Gasteiger partial charge in [-0.3, -0.25) is 0 Å². The predicted octanol–water partition coefficient (Wildman–Crippen LogP) is 5.60. The van der Waals surface area contributed by atoms with E-state index >= 15 is 0 Å². The zero-order chi connectivity index (χ0) is 16.7. The third-order valence-corrected chi connectivity index (χ3v) is 8.12. The van der Waals surface area contributed by atoms with Crippen LogP contribution in [0.1, 0.15) is 73.6 Å². The second kappa shape index (κ2) is 7.06. The summed E-state index contributed by atoms with van der Waals surface area (Å²) in [6.45, 7) is 16.1. The molecule has 9 atom stereocenters. The van der Waals surface area contributed by atoms with Gasteiger partial charge in [0.15, 0.2) is 0 Å². The van der Waals surface area contributed by atoms with Gasteiger partial charge in [-0.15, -0.1) is 0 Å². The Morgan fingerprint density at radius 2 is 1.52 bits per heavy atom. The lowest BCUT2D eigenvalue weighted by molar-refractivity contribution is 0.329. The van der Waals surface area contributed by atoms with Crippen LogP contribution in [0.3, 0.4) is 0 Å². The summed E-state index contributed by atoms with van der Waals surface area (Å²) >= 11 is 0. The van der Waals surface area contributed by atoms with Gasteiger partial charge in [-0.2, -0.15) is 0 Å². The summed E-state index contributed by atoms with van der Waals surface area (Å²) in [7, 11) is 0. The molecule has 1 nitrogen and oxygen atoms in total. The van der Waals surface area contributed by atoms with Crippen LogP contribution in [0.15, 0.2) is 0 Å². The van der Waals surface area contributed by atoms with Gasteiger partial charge in [0.05, 0.1) is 0 Å². The Morgan fingerprint density at radius 1 is 0.870 bits per heavy atom. The molecule has 1 saturated heterocycles. The standard InChI is InChI=1S/C22H41N/c1-7-11-16-19(22(16)17-12-23-17)14(6)20-18(13(5)8-2)21(20)15(9-3)10-4/h13-23H,7-12H2,1-6H3. The molecule has 1 aliphatic heterocycles. The zero-order valence-corrected chi connectivity index (χ0v) is 16.5. The summed E-state index contributed by atoms with van der Waals surface area (Å²) in [6.07, 6.45) is 7.03. The minimum absolute atomic E-state index is 0.895. The molecule has 0 amide bonds. The van der Waals surface area contributed by atoms with E-state index in [0.717, 1.165) is 59.3 Å². The molecule has 9 unspecified atom stereocenters. The molecular formula is C22H41N. The molecular weight excluding hydrogens is 278 g/mol. The Balaban J connectivity index is 1.68. The zero-order valence-electron chi connectivity index (χ0n) is 16.5. The molecule has 1 heteroatoms. The largest absolute Gasteiger partial charge is 0.311 e. The van der Waals surface area contributed by atoms with E-state index in [2.05, 4.69) is 46.9 Å². The SMILES string of the molecule is CCCC1C(C2CN2)C1C(C)C1C(C(C)CC)C1C(CC)CC. The highest BCUT2D eigenvalue weighted by Gasteiger charge is 2.65. The Labute approximate surface area is 145 Å². The van der Waals surface area contributed by atoms with Crippen molar-refractivity contribution < 1.29 is 0 Å². The highest BCUT2D eigenvalue weighted by atomic mass is 15.1. The fraction of sp³-hybridized carbons (Fsp3) is 1.00. The van der Waals surface area contributed by atoms with Crippen molar-refractivity contribution in [1.29, 1.82) is 0 Å². The first-order chi connectivity index (χ1) is 11.1. The summed E-state index contributed by atoms with van der Waals surface area (Å²) in [4.78, 5) is 0. The maximum atomic E-state index is 3.63. The smallest absolute Gasteiger partial charge is 0.0227 e. The topological polar surface area (TPSA) is 21.9 Å². The molecule has 0 aromatic heterocycles. The molecule has 2 saturated carbocycles. The number of rotatable bonds is 10. The summed E-state index contributed by atoms with van der Waals surface area (Å²) in [6, 6.07) is 0.895. The molecule has 3 fully saturated rings. The lowest BCUT2D eigenvalue weighted by Gasteiger charge is -2.16. The maximum Gasteiger partial charge on any atom is 0.0227 e. The predicted molar refractivity (Wildman–Crippen MR) is 100 cm³/mol. The van der Waals surface area contributed by atoms with E-state index in [4.69, 9.17) is 0 Å². The summed E-state index contributed by atoms with van der Waals surface area (Å²) in [5.41, 5.74) is 0. The van der Waals surface area contributed by atoms with Crippen molar-refractivity contribution in [3.05, 3.63) is 0 Å². The lowest BCUT2D eigenvalue weighted by Crippen LogP contribution is -2.11. The van der Waals surface area contributed by atoms with Crippen LogP contribution in [0.5, 0.6) is 0 Å². The average molecular weight is 320 g/mol. The van der Waals surface area contributed by atoms with Crippen molar-refractivity contribution in [1.82, 2.24) is 5.32 Å². The highest BCUT2D eigenvalue weighted by Crippen LogP contribution is 2.67. The first-order valence-electron chi connectivity index (χ1n) is 10.8. The minimum Gasteiger partial charge on any atom is -0.311 e. The number of hydrogen-bond donors (Lipinski definition) is 1. The number of hydrogen-bond acceptors (Lipinski definition) is 1. The molecule has 3 rings (SSSR count). The van der Waals surface area contributed by atoms with Crippen LogP contribution in [0, 0.1) is 53.3 Å². The van der Waals surface area contributed by atoms with Crippen LogP contribution in [-0.2, 0) is 0 Å². The second-order valence-corrected chi connectivity index (χ2v) is 9.18. The third kappa shape index (κ3) is 3.24. The van der Waals surface area contributed by atoms with E-state index in [9.17, 15) is 0 Å². The minimum atomic E-state index is 0.895. The molecule has 0 radical (unpaired) electrons. The lowest BCUT2D eigenvalue weighted by atomic mass is 9.89. The number of nitrogens with one attached hydrogen (secondary N) is 1. The van der Waals surface area contributed by atoms with Crippen LogP contribution in [-0.4, -0.2) is 12.6 Å². The van der Waals surface area contributed by atoms with Crippen LogP contribution < -0.4 is 5.32 Å². The monoisotopic (exact) mass is 319 g/mol. The van der Waals surface area contributed by atoms with Crippen molar-refractivity contribution in [2.24, 2.45) is 53.3 Å². The van der Waals surface area contributed by atoms with Crippen molar-refractivity contribution in [3.63, 3.8) is 0 Å². The Bertz CT molecular complexity index is 383. The van der Waals surface area contributed by atoms with E-state index < -0.39 is 0 Å². The van der Waals surface area contributed by atoms with Gasteiger partial charge in [0.25, 0.3) is 0 Å². The summed E-state index contributed by atoms with van der Waals surface area (Å²) < 4.78 is 0. The molecule has 3 aliphatic rings. The van der Waals surface area contributed by atoms with Gasteiger partial charge in [-0.25, -0.2) is 0 Å². The van der Waals surface area contributed by atoms with Crippen molar-refractivity contribution in [3.8, 4) is 0 Å². The Kier molecular flexibility index (Phi) is 5.46. The van der Waals surface area contributed by atoms with E-state index in [0.29, 0.717) is 0 Å². The molecule has 0 aromatic carbocycles. The van der Waals surface area contributed by atoms with Gasteiger partial charge < -0.3 is 5.32 Å². The van der Waals surface area contributed by atoms with Gasteiger partial charge in [0.1, 0.15) is 0 Å². The van der Waals surface area contributed by atoms with E-state index in [1.807, 2.05) is 0 Å². The van der Waals surface area contributed by atoms with Crippen molar-refractivity contribution >= 4 is 0 Å². The van der Waals surface area contributed by atoms with E-state index in [-0.39, 0.29) is 0 Å². The molecule has 1 N–H and O–H groups in total. The molecule has 0 spiro atoms. The van der Waals surface area contributed by atoms with Gasteiger partial charge in [0.2, 0.25) is 0 Å². The van der Waals surface area contributed by atoms with Crippen molar-refractivity contribution in [2.75, 3.05) is 6.54 Å². The van der Waals surface area contributed by atoms with Crippen LogP contribution in [0.2, 0.25) is 0 Å². The van der Waals surface area contributed by atoms with Crippen molar-refractivity contribution in [2.45, 2.75) is 79.7 Å². The maximum absolute atomic E-state index is 3.63. The van der Waals surface area contributed by atoms with Gasteiger partial charge >= 0.3 is 0 Å². The van der Waals surface area contributed by atoms with Crippen LogP contribution in [0.4, 0.5) is 0 Å². The molecule has 134 valence electrons. The quantitative estimate of drug-likeness (QED) is 0.520. The normalized spacial score (nSPS) is 44.2. The first-order valence-corrected chi connectivity index (χ1v) is 10.8. The van der Waals surface area contributed by atoms with Crippen LogP contribution in [0.25, 0.3) is 0 Å². The van der Waals surface area contributed by atoms with E-state index in [1.165, 1.54) is 38.6 Å². The molecule has 1 heterocycles. The fourth-order valence-electron chi connectivity index (χ4n) is 6.63. The third-order valence-electron chi connectivity index (χ3n) is 8.12.